The highest BCUT2D eigenvalue weighted by Gasteiger charge is 2.08. The monoisotopic (exact) mass is 299 g/mol. The maximum Gasteiger partial charge on any atom is 0.123 e. The summed E-state index contributed by atoms with van der Waals surface area (Å²) in [6.45, 7) is 4.35. The van der Waals surface area contributed by atoms with E-state index < -0.39 is 0 Å². The number of rotatable bonds is 6. The molecule has 0 amide bonds. The molecule has 0 aliphatic rings. The van der Waals surface area contributed by atoms with Gasteiger partial charge < -0.3 is 9.88 Å². The standard InChI is InChI=1S/C16H18FN5/c1-2-22-8-7-19-15(22)11-18-9-13-10-20-21-16(13)12-3-5-14(17)6-4-12/h3-8,10,18H,2,9,11H2,1H3,(H,20,21). The van der Waals surface area contributed by atoms with Crippen LogP contribution in [0.2, 0.25) is 0 Å². The average Bonchev–Trinajstić information content (AvgIpc) is 3.17. The fourth-order valence-corrected chi connectivity index (χ4v) is 2.42. The first kappa shape index (κ1) is 14.5. The molecule has 0 unspecified atom stereocenters. The molecular formula is C16H18FN5. The minimum atomic E-state index is -0.241. The number of halogens is 1. The van der Waals surface area contributed by atoms with E-state index in [1.807, 2.05) is 12.4 Å². The fourth-order valence-electron chi connectivity index (χ4n) is 2.42. The number of benzene rings is 1. The van der Waals surface area contributed by atoms with Crippen molar-refractivity contribution in [3.05, 3.63) is 60.1 Å². The summed E-state index contributed by atoms with van der Waals surface area (Å²) < 4.78 is 15.1. The Hall–Kier alpha value is -2.47. The normalized spacial score (nSPS) is 11.0. The molecule has 0 aliphatic heterocycles. The van der Waals surface area contributed by atoms with E-state index in [1.165, 1.54) is 12.1 Å². The molecule has 3 aromatic rings. The summed E-state index contributed by atoms with van der Waals surface area (Å²) in [5.74, 6) is 0.767. The Morgan fingerprint density at radius 3 is 2.82 bits per heavy atom. The molecule has 114 valence electrons. The zero-order valence-electron chi connectivity index (χ0n) is 12.4. The molecule has 0 saturated heterocycles. The second kappa shape index (κ2) is 6.53. The van der Waals surface area contributed by atoms with Crippen molar-refractivity contribution in [3.8, 4) is 11.3 Å². The number of nitrogens with one attached hydrogen (secondary N) is 2. The number of aromatic nitrogens is 4. The third-order valence-electron chi connectivity index (χ3n) is 3.59. The Kier molecular flexibility index (Phi) is 4.29. The molecule has 0 radical (unpaired) electrons. The molecule has 1 aromatic carbocycles. The third kappa shape index (κ3) is 3.07. The van der Waals surface area contributed by atoms with Gasteiger partial charge in [-0.3, -0.25) is 5.10 Å². The van der Waals surface area contributed by atoms with E-state index in [0.717, 1.165) is 29.2 Å². The fraction of sp³-hybridized carbons (Fsp3) is 0.250. The second-order valence-corrected chi connectivity index (χ2v) is 5.01. The van der Waals surface area contributed by atoms with Crippen molar-refractivity contribution in [1.82, 2.24) is 25.1 Å². The van der Waals surface area contributed by atoms with Crippen LogP contribution >= 0.6 is 0 Å². The van der Waals surface area contributed by atoms with Crippen LogP contribution < -0.4 is 5.32 Å². The molecule has 2 heterocycles. The molecule has 0 bridgehead atoms. The molecular weight excluding hydrogens is 281 g/mol. The summed E-state index contributed by atoms with van der Waals surface area (Å²) >= 11 is 0. The lowest BCUT2D eigenvalue weighted by atomic mass is 10.1. The van der Waals surface area contributed by atoms with Gasteiger partial charge in [-0.15, -0.1) is 0 Å². The van der Waals surface area contributed by atoms with Gasteiger partial charge in [0, 0.05) is 36.6 Å². The van der Waals surface area contributed by atoms with E-state index in [2.05, 4.69) is 32.0 Å². The topological polar surface area (TPSA) is 58.5 Å². The summed E-state index contributed by atoms with van der Waals surface area (Å²) in [5.41, 5.74) is 2.87. The summed E-state index contributed by atoms with van der Waals surface area (Å²) in [6, 6.07) is 6.39. The van der Waals surface area contributed by atoms with Gasteiger partial charge in [-0.1, -0.05) is 0 Å². The van der Waals surface area contributed by atoms with Crippen molar-refractivity contribution in [2.45, 2.75) is 26.6 Å². The highest BCUT2D eigenvalue weighted by atomic mass is 19.1. The Labute approximate surface area is 128 Å². The van der Waals surface area contributed by atoms with Crippen molar-refractivity contribution < 1.29 is 4.39 Å². The van der Waals surface area contributed by atoms with Crippen LogP contribution in [0.3, 0.4) is 0 Å². The lowest BCUT2D eigenvalue weighted by Crippen LogP contribution is -2.16. The van der Waals surface area contributed by atoms with E-state index in [-0.39, 0.29) is 5.82 Å². The molecule has 0 spiro atoms. The minimum Gasteiger partial charge on any atom is -0.334 e. The van der Waals surface area contributed by atoms with Crippen molar-refractivity contribution in [3.63, 3.8) is 0 Å². The quantitative estimate of drug-likeness (QED) is 0.736. The lowest BCUT2D eigenvalue weighted by molar-refractivity contribution is 0.613. The SMILES string of the molecule is CCn1ccnc1CNCc1cn[nH]c1-c1ccc(F)cc1. The van der Waals surface area contributed by atoms with Crippen LogP contribution in [0.25, 0.3) is 11.3 Å². The van der Waals surface area contributed by atoms with Crippen molar-refractivity contribution >= 4 is 0 Å². The average molecular weight is 299 g/mol. The molecule has 0 saturated carbocycles. The van der Waals surface area contributed by atoms with Crippen LogP contribution in [0.4, 0.5) is 4.39 Å². The van der Waals surface area contributed by atoms with Gasteiger partial charge >= 0.3 is 0 Å². The molecule has 5 nitrogen and oxygen atoms in total. The van der Waals surface area contributed by atoms with Gasteiger partial charge in [-0.2, -0.15) is 5.10 Å². The second-order valence-electron chi connectivity index (χ2n) is 5.01. The first-order valence-corrected chi connectivity index (χ1v) is 7.27. The lowest BCUT2D eigenvalue weighted by Gasteiger charge is -2.07. The van der Waals surface area contributed by atoms with Crippen LogP contribution in [0.15, 0.2) is 42.9 Å². The summed E-state index contributed by atoms with van der Waals surface area (Å²) in [6.07, 6.45) is 5.57. The number of aromatic amines is 1. The van der Waals surface area contributed by atoms with Gasteiger partial charge in [0.1, 0.15) is 11.6 Å². The minimum absolute atomic E-state index is 0.241. The highest BCUT2D eigenvalue weighted by molar-refractivity contribution is 5.62. The first-order valence-electron chi connectivity index (χ1n) is 7.27. The Morgan fingerprint density at radius 1 is 1.23 bits per heavy atom. The van der Waals surface area contributed by atoms with Crippen molar-refractivity contribution in [2.24, 2.45) is 0 Å². The highest BCUT2D eigenvalue weighted by Crippen LogP contribution is 2.21. The molecule has 2 aromatic heterocycles. The van der Waals surface area contributed by atoms with E-state index in [0.29, 0.717) is 13.1 Å². The number of aryl methyl sites for hydroxylation is 1. The Morgan fingerprint density at radius 2 is 2.05 bits per heavy atom. The molecule has 6 heteroatoms. The smallest absolute Gasteiger partial charge is 0.123 e. The van der Waals surface area contributed by atoms with Crippen molar-refractivity contribution in [1.29, 1.82) is 0 Å². The predicted molar refractivity (Wildman–Crippen MR) is 82.4 cm³/mol. The predicted octanol–water partition coefficient (Wildman–Crippen LogP) is 2.72. The number of imidazole rings is 1. The largest absolute Gasteiger partial charge is 0.334 e. The molecule has 0 atom stereocenters. The number of hydrogen-bond acceptors (Lipinski definition) is 3. The molecule has 0 fully saturated rings. The molecule has 3 rings (SSSR count). The van der Waals surface area contributed by atoms with Crippen LogP contribution in [0, 0.1) is 5.82 Å². The summed E-state index contributed by atoms with van der Waals surface area (Å²) in [4.78, 5) is 4.33. The van der Waals surface area contributed by atoms with Crippen LogP contribution in [0.5, 0.6) is 0 Å². The van der Waals surface area contributed by atoms with Crippen LogP contribution in [-0.4, -0.2) is 19.7 Å². The van der Waals surface area contributed by atoms with Crippen LogP contribution in [0.1, 0.15) is 18.3 Å². The Bertz CT molecular complexity index is 729. The van der Waals surface area contributed by atoms with Gasteiger partial charge in [0.15, 0.2) is 0 Å². The summed E-state index contributed by atoms with van der Waals surface area (Å²) in [7, 11) is 0. The van der Waals surface area contributed by atoms with Gasteiger partial charge in [0.05, 0.1) is 18.4 Å². The maximum absolute atomic E-state index is 13.0. The van der Waals surface area contributed by atoms with Crippen LogP contribution in [-0.2, 0) is 19.6 Å². The van der Waals surface area contributed by atoms with Crippen molar-refractivity contribution in [2.75, 3.05) is 0 Å². The summed E-state index contributed by atoms with van der Waals surface area (Å²) in [5, 5.41) is 10.4. The van der Waals surface area contributed by atoms with E-state index in [9.17, 15) is 4.39 Å². The maximum atomic E-state index is 13.0. The van der Waals surface area contributed by atoms with Gasteiger partial charge in [0.2, 0.25) is 0 Å². The number of H-pyrrole nitrogens is 1. The van der Waals surface area contributed by atoms with Gasteiger partial charge in [0.25, 0.3) is 0 Å². The van der Waals surface area contributed by atoms with Gasteiger partial charge in [-0.25, -0.2) is 9.37 Å². The number of nitrogens with zero attached hydrogens (tertiary/aromatic N) is 3. The van der Waals surface area contributed by atoms with E-state index >= 15 is 0 Å². The first-order chi connectivity index (χ1) is 10.8. The molecule has 22 heavy (non-hydrogen) atoms. The zero-order chi connectivity index (χ0) is 15.4. The van der Waals surface area contributed by atoms with E-state index in [4.69, 9.17) is 0 Å². The molecule has 2 N–H and O–H groups in total. The van der Waals surface area contributed by atoms with E-state index in [1.54, 1.807) is 18.3 Å². The van der Waals surface area contributed by atoms with Gasteiger partial charge in [-0.05, 0) is 31.2 Å². The Balaban J connectivity index is 1.67. The molecule has 0 aliphatic carbocycles. The zero-order valence-corrected chi connectivity index (χ0v) is 12.4. The third-order valence-corrected chi connectivity index (χ3v) is 3.59. The number of hydrogen-bond donors (Lipinski definition) is 2.